The van der Waals surface area contributed by atoms with Crippen LogP contribution in [0, 0.1) is 11.7 Å². The number of carboxylic acid groups (broad SMARTS) is 1. The van der Waals surface area contributed by atoms with Gasteiger partial charge in [-0.15, -0.1) is 0 Å². The highest BCUT2D eigenvalue weighted by Gasteiger charge is 2.21. The molecule has 0 unspecified atom stereocenters. The SMILES string of the molecule is CC(C)C[C@H](NC(=O)CNC(=O)c1ccc(F)cn1)C(=O)O. The molecular formula is C14H18FN3O4. The van der Waals surface area contributed by atoms with E-state index in [4.69, 9.17) is 5.11 Å². The summed E-state index contributed by atoms with van der Waals surface area (Å²) in [6.45, 7) is 3.29. The third-order valence-corrected chi connectivity index (χ3v) is 2.71. The number of nitrogens with zero attached hydrogens (tertiary/aromatic N) is 1. The predicted octanol–water partition coefficient (Wildman–Crippen LogP) is 0.566. The van der Waals surface area contributed by atoms with Gasteiger partial charge >= 0.3 is 5.97 Å². The topological polar surface area (TPSA) is 108 Å². The second-order valence-electron chi connectivity index (χ2n) is 5.13. The van der Waals surface area contributed by atoms with Crippen LogP contribution in [0.2, 0.25) is 0 Å². The van der Waals surface area contributed by atoms with Crippen molar-refractivity contribution in [1.82, 2.24) is 15.6 Å². The fourth-order valence-corrected chi connectivity index (χ4v) is 1.70. The van der Waals surface area contributed by atoms with Gasteiger partial charge in [-0.05, 0) is 24.5 Å². The Labute approximate surface area is 126 Å². The molecule has 1 aromatic rings. The highest BCUT2D eigenvalue weighted by Crippen LogP contribution is 2.04. The van der Waals surface area contributed by atoms with Gasteiger partial charge in [0.1, 0.15) is 17.6 Å². The van der Waals surface area contributed by atoms with Crippen LogP contribution in [-0.4, -0.2) is 40.5 Å². The van der Waals surface area contributed by atoms with E-state index in [2.05, 4.69) is 15.6 Å². The molecule has 1 rings (SSSR count). The van der Waals surface area contributed by atoms with E-state index in [1.807, 2.05) is 13.8 Å². The number of aliphatic carboxylic acids is 1. The van der Waals surface area contributed by atoms with Crippen LogP contribution in [0.3, 0.4) is 0 Å². The van der Waals surface area contributed by atoms with Crippen LogP contribution in [0.5, 0.6) is 0 Å². The fraction of sp³-hybridized carbons (Fsp3) is 0.429. The van der Waals surface area contributed by atoms with Crippen molar-refractivity contribution in [1.29, 1.82) is 0 Å². The fourth-order valence-electron chi connectivity index (χ4n) is 1.70. The van der Waals surface area contributed by atoms with E-state index in [-0.39, 0.29) is 24.6 Å². The van der Waals surface area contributed by atoms with Gasteiger partial charge in [-0.2, -0.15) is 0 Å². The van der Waals surface area contributed by atoms with E-state index in [9.17, 15) is 18.8 Å². The summed E-state index contributed by atoms with van der Waals surface area (Å²) in [5.74, 6) is -2.88. The monoisotopic (exact) mass is 311 g/mol. The Kier molecular flexibility index (Phi) is 6.43. The maximum atomic E-state index is 12.7. The Morgan fingerprint density at radius 2 is 2.00 bits per heavy atom. The zero-order valence-corrected chi connectivity index (χ0v) is 12.3. The van der Waals surface area contributed by atoms with Crippen LogP contribution >= 0.6 is 0 Å². The van der Waals surface area contributed by atoms with Crippen molar-refractivity contribution in [3.05, 3.63) is 29.8 Å². The molecule has 1 aromatic heterocycles. The molecule has 3 N–H and O–H groups in total. The van der Waals surface area contributed by atoms with Crippen LogP contribution in [0.1, 0.15) is 30.8 Å². The minimum absolute atomic E-state index is 0.0360. The van der Waals surface area contributed by atoms with Crippen molar-refractivity contribution in [3.63, 3.8) is 0 Å². The number of hydrogen-bond acceptors (Lipinski definition) is 4. The molecule has 7 nitrogen and oxygen atoms in total. The molecule has 0 aliphatic heterocycles. The van der Waals surface area contributed by atoms with Gasteiger partial charge in [-0.3, -0.25) is 9.59 Å². The number of carbonyl (C=O) groups excluding carboxylic acids is 2. The number of rotatable bonds is 7. The zero-order valence-electron chi connectivity index (χ0n) is 12.3. The molecule has 0 aromatic carbocycles. The lowest BCUT2D eigenvalue weighted by Gasteiger charge is -2.16. The first-order valence-electron chi connectivity index (χ1n) is 6.71. The number of halogens is 1. The van der Waals surface area contributed by atoms with Gasteiger partial charge < -0.3 is 15.7 Å². The predicted molar refractivity (Wildman–Crippen MR) is 75.5 cm³/mol. The second-order valence-corrected chi connectivity index (χ2v) is 5.13. The first-order valence-corrected chi connectivity index (χ1v) is 6.71. The molecule has 2 amide bonds. The minimum atomic E-state index is -1.13. The van der Waals surface area contributed by atoms with Crippen molar-refractivity contribution < 1.29 is 23.9 Å². The Morgan fingerprint density at radius 3 is 2.50 bits per heavy atom. The van der Waals surface area contributed by atoms with Crippen molar-refractivity contribution in [2.24, 2.45) is 5.92 Å². The maximum absolute atomic E-state index is 12.7. The van der Waals surface area contributed by atoms with E-state index in [1.54, 1.807) is 0 Å². The summed E-state index contributed by atoms with van der Waals surface area (Å²) in [4.78, 5) is 37.9. The third-order valence-electron chi connectivity index (χ3n) is 2.71. The lowest BCUT2D eigenvalue weighted by atomic mass is 10.0. The van der Waals surface area contributed by atoms with Crippen LogP contribution in [0.4, 0.5) is 4.39 Å². The Bertz CT molecular complexity index is 546. The molecule has 0 bridgehead atoms. The summed E-state index contributed by atoms with van der Waals surface area (Å²) >= 11 is 0. The van der Waals surface area contributed by atoms with Gasteiger partial charge in [0, 0.05) is 0 Å². The molecule has 1 atom stereocenters. The van der Waals surface area contributed by atoms with Crippen molar-refractivity contribution >= 4 is 17.8 Å². The van der Waals surface area contributed by atoms with E-state index in [0.29, 0.717) is 0 Å². The largest absolute Gasteiger partial charge is 0.480 e. The lowest BCUT2D eigenvalue weighted by Crippen LogP contribution is -2.46. The Morgan fingerprint density at radius 1 is 1.32 bits per heavy atom. The Balaban J connectivity index is 2.49. The van der Waals surface area contributed by atoms with Gasteiger partial charge in [-0.25, -0.2) is 14.2 Å². The van der Waals surface area contributed by atoms with Crippen LogP contribution < -0.4 is 10.6 Å². The third kappa shape index (κ3) is 5.86. The smallest absolute Gasteiger partial charge is 0.326 e. The first kappa shape index (κ1) is 17.5. The van der Waals surface area contributed by atoms with Crippen molar-refractivity contribution in [2.45, 2.75) is 26.3 Å². The number of hydrogen-bond donors (Lipinski definition) is 3. The molecule has 0 spiro atoms. The summed E-state index contributed by atoms with van der Waals surface area (Å²) in [5.41, 5.74) is -0.0360. The van der Waals surface area contributed by atoms with E-state index in [0.717, 1.165) is 12.3 Å². The number of nitrogens with one attached hydrogen (secondary N) is 2. The van der Waals surface area contributed by atoms with E-state index < -0.39 is 29.6 Å². The number of carboxylic acids is 1. The highest BCUT2D eigenvalue weighted by molar-refractivity contribution is 5.95. The number of carbonyl (C=O) groups is 3. The summed E-state index contributed by atoms with van der Waals surface area (Å²) in [6.07, 6.45) is 1.17. The molecule has 0 saturated carbocycles. The number of aromatic nitrogens is 1. The molecule has 1 heterocycles. The molecule has 0 fully saturated rings. The molecule has 0 radical (unpaired) electrons. The normalized spacial score (nSPS) is 11.8. The zero-order chi connectivity index (χ0) is 16.7. The molecule has 8 heteroatoms. The van der Waals surface area contributed by atoms with Gasteiger partial charge in [-0.1, -0.05) is 13.8 Å². The summed E-state index contributed by atoms with van der Waals surface area (Å²) in [5, 5.41) is 13.6. The number of amides is 2. The summed E-state index contributed by atoms with van der Waals surface area (Å²) in [7, 11) is 0. The van der Waals surface area contributed by atoms with E-state index >= 15 is 0 Å². The average Bonchev–Trinajstić information content (AvgIpc) is 2.44. The van der Waals surface area contributed by atoms with Gasteiger partial charge in [0.15, 0.2) is 0 Å². The summed E-state index contributed by atoms with van der Waals surface area (Å²) in [6, 6.07) is 1.25. The van der Waals surface area contributed by atoms with Gasteiger partial charge in [0.2, 0.25) is 5.91 Å². The van der Waals surface area contributed by atoms with Gasteiger partial charge in [0.25, 0.3) is 5.91 Å². The van der Waals surface area contributed by atoms with Gasteiger partial charge in [0.05, 0.1) is 12.7 Å². The van der Waals surface area contributed by atoms with Crippen LogP contribution in [0.25, 0.3) is 0 Å². The molecule has 0 aliphatic carbocycles. The molecule has 22 heavy (non-hydrogen) atoms. The summed E-state index contributed by atoms with van der Waals surface area (Å²) < 4.78 is 12.7. The first-order chi connectivity index (χ1) is 10.3. The molecular weight excluding hydrogens is 293 g/mol. The maximum Gasteiger partial charge on any atom is 0.326 e. The van der Waals surface area contributed by atoms with E-state index in [1.165, 1.54) is 6.07 Å². The van der Waals surface area contributed by atoms with Crippen molar-refractivity contribution in [2.75, 3.05) is 6.54 Å². The molecule has 0 aliphatic rings. The van der Waals surface area contributed by atoms with Crippen molar-refractivity contribution in [3.8, 4) is 0 Å². The number of pyridine rings is 1. The quantitative estimate of drug-likeness (QED) is 0.682. The minimum Gasteiger partial charge on any atom is -0.480 e. The second kappa shape index (κ2) is 8.06. The van der Waals surface area contributed by atoms with Crippen LogP contribution in [0.15, 0.2) is 18.3 Å². The highest BCUT2D eigenvalue weighted by atomic mass is 19.1. The molecule has 120 valence electrons. The lowest BCUT2D eigenvalue weighted by molar-refractivity contribution is -0.142. The average molecular weight is 311 g/mol. The molecule has 0 saturated heterocycles. The van der Waals surface area contributed by atoms with Crippen LogP contribution in [-0.2, 0) is 9.59 Å². The Hall–Kier alpha value is -2.51. The standard InChI is InChI=1S/C14H18FN3O4/c1-8(2)5-11(14(21)22)18-12(19)7-17-13(20)10-4-3-9(15)6-16-10/h3-4,6,8,11H,5,7H2,1-2H3,(H,17,20)(H,18,19)(H,21,22)/t11-/m0/s1.